The van der Waals surface area contributed by atoms with Crippen molar-refractivity contribution in [1.29, 1.82) is 0 Å². The number of likely N-dealkylation sites (N-methyl/N-ethyl adjacent to an activating group) is 1. The summed E-state index contributed by atoms with van der Waals surface area (Å²) < 4.78 is 37.2. The summed E-state index contributed by atoms with van der Waals surface area (Å²) in [6.45, 7) is 1.80. The van der Waals surface area contributed by atoms with Crippen molar-refractivity contribution >= 4 is 11.8 Å². The Labute approximate surface area is 125 Å². The summed E-state index contributed by atoms with van der Waals surface area (Å²) in [6, 6.07) is 3.71. The Morgan fingerprint density at radius 2 is 1.82 bits per heavy atom. The van der Waals surface area contributed by atoms with Gasteiger partial charge in [0, 0.05) is 18.7 Å². The minimum atomic E-state index is -4.46. The molecule has 5 nitrogen and oxygen atoms in total. The summed E-state index contributed by atoms with van der Waals surface area (Å²) in [5, 5.41) is 11.1. The van der Waals surface area contributed by atoms with Crippen LogP contribution in [0.1, 0.15) is 22.8 Å². The molecule has 0 atom stereocenters. The molecule has 0 radical (unpaired) electrons. The molecule has 0 bridgehead atoms. The zero-order valence-electron chi connectivity index (χ0n) is 12.0. The third-order valence-corrected chi connectivity index (χ3v) is 2.98. The van der Waals surface area contributed by atoms with Crippen LogP contribution in [0.25, 0.3) is 0 Å². The minimum absolute atomic E-state index is 0.0333. The van der Waals surface area contributed by atoms with E-state index in [1.807, 2.05) is 0 Å². The van der Waals surface area contributed by atoms with Crippen LogP contribution in [0.5, 0.6) is 0 Å². The average Bonchev–Trinajstić information content (AvgIpc) is 2.49. The van der Waals surface area contributed by atoms with E-state index in [0.717, 1.165) is 24.3 Å². The largest absolute Gasteiger partial charge is 0.416 e. The van der Waals surface area contributed by atoms with E-state index in [2.05, 4.69) is 5.32 Å². The molecule has 0 heterocycles. The van der Waals surface area contributed by atoms with Gasteiger partial charge in [0.05, 0.1) is 18.7 Å². The van der Waals surface area contributed by atoms with Crippen LogP contribution in [0, 0.1) is 0 Å². The monoisotopic (exact) mass is 318 g/mol. The summed E-state index contributed by atoms with van der Waals surface area (Å²) in [7, 11) is 0. The number of hydrogen-bond acceptors (Lipinski definition) is 3. The molecule has 2 amide bonds. The lowest BCUT2D eigenvalue weighted by atomic mass is 10.1. The number of carbonyl (C=O) groups is 2. The van der Waals surface area contributed by atoms with Gasteiger partial charge in [-0.25, -0.2) is 0 Å². The predicted octanol–water partition coefficient (Wildman–Crippen LogP) is 1.28. The Morgan fingerprint density at radius 1 is 1.23 bits per heavy atom. The Balaban J connectivity index is 2.60. The smallest absolute Gasteiger partial charge is 0.395 e. The number of carbonyl (C=O) groups excluding carboxylic acids is 2. The molecule has 0 spiro atoms. The van der Waals surface area contributed by atoms with Crippen molar-refractivity contribution in [3.63, 3.8) is 0 Å². The molecule has 0 saturated heterocycles. The molecule has 1 rings (SSSR count). The molecule has 8 heteroatoms. The highest BCUT2D eigenvalue weighted by Gasteiger charge is 2.30. The minimum Gasteiger partial charge on any atom is -0.395 e. The summed E-state index contributed by atoms with van der Waals surface area (Å²) >= 11 is 0. The highest BCUT2D eigenvalue weighted by atomic mass is 19.4. The van der Waals surface area contributed by atoms with Crippen molar-refractivity contribution in [2.75, 3.05) is 26.2 Å². The first kappa shape index (κ1) is 18.0. The van der Waals surface area contributed by atoms with Gasteiger partial charge in [-0.2, -0.15) is 13.2 Å². The lowest BCUT2D eigenvalue weighted by Crippen LogP contribution is -2.41. The van der Waals surface area contributed by atoms with Crippen molar-refractivity contribution in [3.05, 3.63) is 35.4 Å². The fraction of sp³-hybridized carbons (Fsp3) is 0.429. The van der Waals surface area contributed by atoms with E-state index in [9.17, 15) is 22.8 Å². The van der Waals surface area contributed by atoms with Crippen LogP contribution in [0.2, 0.25) is 0 Å². The molecule has 1 aromatic rings. The maximum absolute atomic E-state index is 12.4. The number of halogens is 3. The zero-order valence-corrected chi connectivity index (χ0v) is 12.0. The average molecular weight is 318 g/mol. The fourth-order valence-electron chi connectivity index (χ4n) is 1.76. The Morgan fingerprint density at radius 3 is 2.27 bits per heavy atom. The number of alkyl halides is 3. The lowest BCUT2D eigenvalue weighted by molar-refractivity contribution is -0.137. The lowest BCUT2D eigenvalue weighted by Gasteiger charge is -2.19. The highest BCUT2D eigenvalue weighted by molar-refractivity contribution is 5.96. The van der Waals surface area contributed by atoms with E-state index < -0.39 is 17.6 Å². The van der Waals surface area contributed by atoms with Crippen molar-refractivity contribution in [2.24, 2.45) is 0 Å². The molecule has 0 aliphatic rings. The normalized spacial score (nSPS) is 11.1. The molecule has 122 valence electrons. The van der Waals surface area contributed by atoms with E-state index >= 15 is 0 Å². The van der Waals surface area contributed by atoms with Gasteiger partial charge in [-0.05, 0) is 31.2 Å². The number of aliphatic hydroxyl groups excluding tert-OH is 1. The SMILES string of the molecule is CCN(CCO)C(=O)CNC(=O)c1ccc(C(F)(F)F)cc1. The number of nitrogens with zero attached hydrogens (tertiary/aromatic N) is 1. The number of rotatable bonds is 6. The van der Waals surface area contributed by atoms with E-state index in [-0.39, 0.29) is 31.2 Å². The Kier molecular flexibility index (Phi) is 6.36. The van der Waals surface area contributed by atoms with Gasteiger partial charge >= 0.3 is 6.18 Å². The molecular formula is C14H17F3N2O3. The third-order valence-electron chi connectivity index (χ3n) is 2.98. The summed E-state index contributed by atoms with van der Waals surface area (Å²) in [6.07, 6.45) is -4.46. The Hall–Kier alpha value is -2.09. The van der Waals surface area contributed by atoms with Crippen LogP contribution >= 0.6 is 0 Å². The van der Waals surface area contributed by atoms with Crippen molar-refractivity contribution < 1.29 is 27.9 Å². The van der Waals surface area contributed by atoms with Gasteiger partial charge in [0.25, 0.3) is 5.91 Å². The zero-order chi connectivity index (χ0) is 16.8. The molecule has 0 aliphatic heterocycles. The maximum Gasteiger partial charge on any atom is 0.416 e. The number of nitrogens with one attached hydrogen (secondary N) is 1. The standard InChI is InChI=1S/C14H17F3N2O3/c1-2-19(7-8-20)12(21)9-18-13(22)10-3-5-11(6-4-10)14(15,16)17/h3-6,20H,2,7-9H2,1H3,(H,18,22). The van der Waals surface area contributed by atoms with Gasteiger partial charge in [0.1, 0.15) is 0 Å². The van der Waals surface area contributed by atoms with Gasteiger partial charge in [-0.1, -0.05) is 0 Å². The maximum atomic E-state index is 12.4. The number of hydrogen-bond donors (Lipinski definition) is 2. The second kappa shape index (κ2) is 7.79. The number of benzene rings is 1. The molecule has 1 aromatic carbocycles. The number of amides is 2. The molecule has 0 unspecified atom stereocenters. The molecule has 0 saturated carbocycles. The quantitative estimate of drug-likeness (QED) is 0.830. The van der Waals surface area contributed by atoms with E-state index in [1.54, 1.807) is 6.92 Å². The van der Waals surface area contributed by atoms with Crippen LogP contribution in [-0.2, 0) is 11.0 Å². The summed E-state index contributed by atoms with van der Waals surface area (Å²) in [4.78, 5) is 24.9. The molecule has 2 N–H and O–H groups in total. The van der Waals surface area contributed by atoms with Gasteiger partial charge in [-0.3, -0.25) is 9.59 Å². The van der Waals surface area contributed by atoms with E-state index in [4.69, 9.17) is 5.11 Å². The van der Waals surface area contributed by atoms with Crippen LogP contribution in [0.3, 0.4) is 0 Å². The molecule has 0 aliphatic carbocycles. The van der Waals surface area contributed by atoms with Crippen molar-refractivity contribution in [1.82, 2.24) is 10.2 Å². The van der Waals surface area contributed by atoms with Gasteiger partial charge < -0.3 is 15.3 Å². The van der Waals surface area contributed by atoms with E-state index in [0.29, 0.717) is 6.54 Å². The van der Waals surface area contributed by atoms with Crippen LogP contribution in [0.15, 0.2) is 24.3 Å². The molecular weight excluding hydrogens is 301 g/mol. The first-order valence-corrected chi connectivity index (χ1v) is 6.63. The van der Waals surface area contributed by atoms with Gasteiger partial charge in [-0.15, -0.1) is 0 Å². The second-order valence-electron chi connectivity index (χ2n) is 4.45. The van der Waals surface area contributed by atoms with Crippen molar-refractivity contribution in [2.45, 2.75) is 13.1 Å². The van der Waals surface area contributed by atoms with Crippen LogP contribution < -0.4 is 5.32 Å². The summed E-state index contributed by atoms with van der Waals surface area (Å²) in [5.74, 6) is -1.01. The predicted molar refractivity (Wildman–Crippen MR) is 73.1 cm³/mol. The second-order valence-corrected chi connectivity index (χ2v) is 4.45. The summed E-state index contributed by atoms with van der Waals surface area (Å²) in [5.41, 5.74) is -0.814. The van der Waals surface area contributed by atoms with Crippen molar-refractivity contribution in [3.8, 4) is 0 Å². The van der Waals surface area contributed by atoms with E-state index in [1.165, 1.54) is 4.90 Å². The molecule has 0 fully saturated rings. The fourth-order valence-corrected chi connectivity index (χ4v) is 1.76. The van der Waals surface area contributed by atoms with Crippen LogP contribution in [0.4, 0.5) is 13.2 Å². The molecule has 0 aromatic heterocycles. The topological polar surface area (TPSA) is 69.6 Å². The first-order chi connectivity index (χ1) is 10.3. The molecule has 22 heavy (non-hydrogen) atoms. The highest BCUT2D eigenvalue weighted by Crippen LogP contribution is 2.28. The van der Waals surface area contributed by atoms with Gasteiger partial charge in [0.2, 0.25) is 5.91 Å². The van der Waals surface area contributed by atoms with Crippen LogP contribution in [-0.4, -0.2) is 48.1 Å². The van der Waals surface area contributed by atoms with Gasteiger partial charge in [0.15, 0.2) is 0 Å². The first-order valence-electron chi connectivity index (χ1n) is 6.63. The number of aliphatic hydroxyl groups is 1. The third kappa shape index (κ3) is 5.03. The Bertz CT molecular complexity index is 515.